The van der Waals surface area contributed by atoms with Crippen LogP contribution in [0.15, 0.2) is 18.2 Å². The molecule has 0 saturated carbocycles. The molecule has 6 heteroatoms. The molecule has 0 radical (unpaired) electrons. The summed E-state index contributed by atoms with van der Waals surface area (Å²) >= 11 is 0. The van der Waals surface area contributed by atoms with E-state index in [1.807, 2.05) is 19.0 Å². The molecule has 0 spiro atoms. The molecule has 5 nitrogen and oxygen atoms in total. The van der Waals surface area contributed by atoms with Crippen LogP contribution in [0.2, 0.25) is 0 Å². The first-order valence-corrected chi connectivity index (χ1v) is 6.69. The van der Waals surface area contributed by atoms with Gasteiger partial charge in [0.15, 0.2) is 0 Å². The molecule has 1 aromatic carbocycles. The molecular formula is C14H21FN4O. The van der Waals surface area contributed by atoms with Crippen LogP contribution >= 0.6 is 0 Å². The van der Waals surface area contributed by atoms with Gasteiger partial charge in [-0.15, -0.1) is 0 Å². The third kappa shape index (κ3) is 3.53. The van der Waals surface area contributed by atoms with Gasteiger partial charge < -0.3 is 19.9 Å². The lowest BCUT2D eigenvalue weighted by molar-refractivity contribution is 0.133. The van der Waals surface area contributed by atoms with Crippen LogP contribution in [-0.4, -0.2) is 48.3 Å². The van der Waals surface area contributed by atoms with Crippen LogP contribution < -0.4 is 5.73 Å². The summed E-state index contributed by atoms with van der Waals surface area (Å²) in [6, 6.07) is 4.69. The number of imidazole rings is 1. The Morgan fingerprint density at radius 3 is 2.85 bits per heavy atom. The molecule has 0 amide bonds. The van der Waals surface area contributed by atoms with Gasteiger partial charge in [-0.25, -0.2) is 9.37 Å². The summed E-state index contributed by atoms with van der Waals surface area (Å²) in [5.74, 6) is 0.643. The van der Waals surface area contributed by atoms with Gasteiger partial charge in [0.1, 0.15) is 11.6 Å². The molecule has 2 rings (SSSR count). The number of fused-ring (bicyclic) bond motifs is 1. The van der Waals surface area contributed by atoms with Crippen molar-refractivity contribution in [2.45, 2.75) is 13.1 Å². The third-order valence-corrected chi connectivity index (χ3v) is 2.97. The fourth-order valence-electron chi connectivity index (χ4n) is 2.15. The highest BCUT2D eigenvalue weighted by Gasteiger charge is 2.12. The minimum absolute atomic E-state index is 0.266. The van der Waals surface area contributed by atoms with E-state index in [0.29, 0.717) is 38.4 Å². The van der Waals surface area contributed by atoms with Gasteiger partial charge in [-0.3, -0.25) is 0 Å². The predicted octanol–water partition coefficient (Wildman–Crippen LogP) is 1.21. The topological polar surface area (TPSA) is 56.3 Å². The molecule has 0 aliphatic carbocycles. The molecule has 20 heavy (non-hydrogen) atoms. The van der Waals surface area contributed by atoms with Crippen LogP contribution in [0.5, 0.6) is 0 Å². The molecule has 0 unspecified atom stereocenters. The largest absolute Gasteiger partial charge is 0.378 e. The fourth-order valence-corrected chi connectivity index (χ4v) is 2.15. The quantitative estimate of drug-likeness (QED) is 0.775. The first kappa shape index (κ1) is 14.9. The van der Waals surface area contributed by atoms with Crippen LogP contribution in [0.4, 0.5) is 4.39 Å². The maximum atomic E-state index is 13.3. The summed E-state index contributed by atoms with van der Waals surface area (Å²) in [5, 5.41) is 0. The van der Waals surface area contributed by atoms with Crippen molar-refractivity contribution < 1.29 is 9.13 Å². The van der Waals surface area contributed by atoms with E-state index in [9.17, 15) is 4.39 Å². The predicted molar refractivity (Wildman–Crippen MR) is 77.0 cm³/mol. The zero-order valence-electron chi connectivity index (χ0n) is 12.0. The van der Waals surface area contributed by atoms with Crippen LogP contribution in [0.1, 0.15) is 5.82 Å². The summed E-state index contributed by atoms with van der Waals surface area (Å²) in [6.07, 6.45) is 0. The Labute approximate surface area is 118 Å². The van der Waals surface area contributed by atoms with Gasteiger partial charge >= 0.3 is 0 Å². The molecule has 0 aliphatic rings. The Kier molecular flexibility index (Phi) is 5.05. The van der Waals surface area contributed by atoms with Crippen molar-refractivity contribution in [1.82, 2.24) is 14.5 Å². The van der Waals surface area contributed by atoms with E-state index in [2.05, 4.69) is 9.55 Å². The minimum atomic E-state index is -0.266. The smallest absolute Gasteiger partial charge is 0.125 e. The molecule has 1 aromatic heterocycles. The summed E-state index contributed by atoms with van der Waals surface area (Å²) in [7, 11) is 3.96. The molecule has 0 aliphatic heterocycles. The Balaban J connectivity index is 2.26. The molecule has 0 bridgehead atoms. The fraction of sp³-hybridized carbons (Fsp3) is 0.500. The van der Waals surface area contributed by atoms with E-state index in [1.54, 1.807) is 6.07 Å². The van der Waals surface area contributed by atoms with Gasteiger partial charge in [-0.1, -0.05) is 0 Å². The van der Waals surface area contributed by atoms with E-state index in [-0.39, 0.29) is 5.82 Å². The number of ether oxygens (including phenoxy) is 1. The second-order valence-corrected chi connectivity index (χ2v) is 4.95. The summed E-state index contributed by atoms with van der Waals surface area (Å²) in [5.41, 5.74) is 7.01. The second-order valence-electron chi connectivity index (χ2n) is 4.95. The number of hydrogen-bond donors (Lipinski definition) is 1. The first-order valence-electron chi connectivity index (χ1n) is 6.69. The number of nitrogens with zero attached hydrogens (tertiary/aromatic N) is 3. The van der Waals surface area contributed by atoms with Gasteiger partial charge in [0.25, 0.3) is 0 Å². The zero-order chi connectivity index (χ0) is 14.5. The van der Waals surface area contributed by atoms with Crippen molar-refractivity contribution in [3.8, 4) is 0 Å². The Morgan fingerprint density at radius 2 is 2.15 bits per heavy atom. The highest BCUT2D eigenvalue weighted by atomic mass is 19.1. The van der Waals surface area contributed by atoms with Crippen LogP contribution in [0, 0.1) is 5.82 Å². The summed E-state index contributed by atoms with van der Waals surface area (Å²) < 4.78 is 20.8. The Hall–Kier alpha value is -1.50. The van der Waals surface area contributed by atoms with Crippen LogP contribution in [0.25, 0.3) is 11.0 Å². The second kappa shape index (κ2) is 6.78. The van der Waals surface area contributed by atoms with Crippen molar-refractivity contribution in [3.05, 3.63) is 29.8 Å². The number of rotatable bonds is 7. The molecular weight excluding hydrogens is 259 g/mol. The van der Waals surface area contributed by atoms with E-state index < -0.39 is 0 Å². The van der Waals surface area contributed by atoms with Crippen molar-refractivity contribution in [3.63, 3.8) is 0 Å². The van der Waals surface area contributed by atoms with Gasteiger partial charge in [-0.2, -0.15) is 0 Å². The standard InChI is InChI=1S/C14H21FN4O/c1-18(2)10-14-17-12-9-11(15)3-4-13(12)19(14)6-8-20-7-5-16/h3-4,9H,5-8,10,16H2,1-2H3. The molecule has 2 N–H and O–H groups in total. The SMILES string of the molecule is CN(C)Cc1nc2cc(F)ccc2n1CCOCCN. The van der Waals surface area contributed by atoms with E-state index in [1.165, 1.54) is 12.1 Å². The van der Waals surface area contributed by atoms with Crippen molar-refractivity contribution in [2.24, 2.45) is 5.73 Å². The van der Waals surface area contributed by atoms with Crippen molar-refractivity contribution in [1.29, 1.82) is 0 Å². The maximum absolute atomic E-state index is 13.3. The number of hydrogen-bond acceptors (Lipinski definition) is 4. The van der Waals surface area contributed by atoms with E-state index in [4.69, 9.17) is 10.5 Å². The van der Waals surface area contributed by atoms with Gasteiger partial charge in [-0.05, 0) is 26.2 Å². The highest BCUT2D eigenvalue weighted by Crippen LogP contribution is 2.18. The Morgan fingerprint density at radius 1 is 1.35 bits per heavy atom. The number of nitrogens with two attached hydrogens (primary N) is 1. The molecule has 0 saturated heterocycles. The maximum Gasteiger partial charge on any atom is 0.125 e. The van der Waals surface area contributed by atoms with Crippen molar-refractivity contribution >= 4 is 11.0 Å². The monoisotopic (exact) mass is 280 g/mol. The third-order valence-electron chi connectivity index (χ3n) is 2.97. The number of halogens is 1. The average molecular weight is 280 g/mol. The zero-order valence-corrected chi connectivity index (χ0v) is 12.0. The normalized spacial score (nSPS) is 11.7. The molecule has 2 aromatic rings. The number of aromatic nitrogens is 2. The molecule has 1 heterocycles. The average Bonchev–Trinajstić information content (AvgIpc) is 2.70. The van der Waals surface area contributed by atoms with Crippen molar-refractivity contribution in [2.75, 3.05) is 33.9 Å². The highest BCUT2D eigenvalue weighted by molar-refractivity contribution is 5.76. The first-order chi connectivity index (χ1) is 9.61. The van der Waals surface area contributed by atoms with Gasteiger partial charge in [0.2, 0.25) is 0 Å². The number of benzene rings is 1. The molecule has 0 fully saturated rings. The lowest BCUT2D eigenvalue weighted by Gasteiger charge is -2.13. The van der Waals surface area contributed by atoms with Crippen LogP contribution in [-0.2, 0) is 17.8 Å². The lowest BCUT2D eigenvalue weighted by Crippen LogP contribution is -2.18. The van der Waals surface area contributed by atoms with Gasteiger partial charge in [0, 0.05) is 19.2 Å². The molecule has 0 atom stereocenters. The van der Waals surface area contributed by atoms with Gasteiger partial charge in [0.05, 0.1) is 30.8 Å². The summed E-state index contributed by atoms with van der Waals surface area (Å²) in [6.45, 7) is 3.02. The molecule has 110 valence electrons. The van der Waals surface area contributed by atoms with E-state index >= 15 is 0 Å². The summed E-state index contributed by atoms with van der Waals surface area (Å²) in [4.78, 5) is 6.55. The van der Waals surface area contributed by atoms with E-state index in [0.717, 1.165) is 11.3 Å². The Bertz CT molecular complexity index is 568. The lowest BCUT2D eigenvalue weighted by atomic mass is 10.3. The minimum Gasteiger partial charge on any atom is -0.378 e. The van der Waals surface area contributed by atoms with Crippen LogP contribution in [0.3, 0.4) is 0 Å².